The van der Waals surface area contributed by atoms with E-state index in [1.807, 2.05) is 106 Å². The highest BCUT2D eigenvalue weighted by Crippen LogP contribution is 2.36. The van der Waals surface area contributed by atoms with Crippen LogP contribution in [0.15, 0.2) is 90.0 Å². The van der Waals surface area contributed by atoms with Gasteiger partial charge in [-0.25, -0.2) is 4.98 Å². The van der Waals surface area contributed by atoms with Crippen LogP contribution in [0.4, 0.5) is 5.69 Å². The van der Waals surface area contributed by atoms with E-state index < -0.39 is 5.25 Å². The molecule has 1 atom stereocenters. The quantitative estimate of drug-likeness (QED) is 0.265. The van der Waals surface area contributed by atoms with Gasteiger partial charge in [-0.3, -0.25) is 4.79 Å². The number of rotatable bonds is 8. The first-order valence-corrected chi connectivity index (χ1v) is 12.6. The van der Waals surface area contributed by atoms with Gasteiger partial charge in [0.05, 0.1) is 23.1 Å². The van der Waals surface area contributed by atoms with Gasteiger partial charge in [0.15, 0.2) is 0 Å². The average Bonchev–Trinajstić information content (AvgIpc) is 2.90. The summed E-state index contributed by atoms with van der Waals surface area (Å²) >= 11 is 1.28. The molecule has 0 spiro atoms. The number of amides is 1. The van der Waals surface area contributed by atoms with Crippen LogP contribution in [0, 0.1) is 18.3 Å². The molecule has 1 heterocycles. The fourth-order valence-electron chi connectivity index (χ4n) is 3.70. The maximum Gasteiger partial charge on any atom is 0.237 e. The molecule has 36 heavy (non-hydrogen) atoms. The second kappa shape index (κ2) is 11.6. The van der Waals surface area contributed by atoms with Crippen molar-refractivity contribution in [1.82, 2.24) is 4.98 Å². The van der Waals surface area contributed by atoms with E-state index in [4.69, 9.17) is 9.72 Å². The van der Waals surface area contributed by atoms with Crippen LogP contribution in [0.3, 0.4) is 0 Å². The number of pyridine rings is 1. The van der Waals surface area contributed by atoms with E-state index in [-0.39, 0.29) is 5.91 Å². The van der Waals surface area contributed by atoms with E-state index in [1.54, 1.807) is 0 Å². The highest BCUT2D eigenvalue weighted by molar-refractivity contribution is 8.00. The van der Waals surface area contributed by atoms with Gasteiger partial charge in [0.25, 0.3) is 0 Å². The smallest absolute Gasteiger partial charge is 0.237 e. The van der Waals surface area contributed by atoms with E-state index in [0.29, 0.717) is 17.2 Å². The number of nitrogens with one attached hydrogen (secondary N) is 1. The van der Waals surface area contributed by atoms with Crippen molar-refractivity contribution in [2.75, 3.05) is 11.9 Å². The second-order valence-electron chi connectivity index (χ2n) is 8.29. The number of nitriles is 1. The first-order valence-electron chi connectivity index (χ1n) is 11.8. The first kappa shape index (κ1) is 25.0. The molecule has 0 bridgehead atoms. The molecule has 0 saturated heterocycles. The van der Waals surface area contributed by atoms with Crippen molar-refractivity contribution in [3.05, 3.63) is 96.1 Å². The third-order valence-corrected chi connectivity index (χ3v) is 6.71. The van der Waals surface area contributed by atoms with Gasteiger partial charge in [-0.05, 0) is 68.8 Å². The van der Waals surface area contributed by atoms with Gasteiger partial charge in [-0.1, -0.05) is 59.8 Å². The SMILES string of the molecule is CCOc1ccc(-c2cc(-c3ccccc3)c(C#N)c(S[C@@H](C)C(=O)Nc3ccc(C)cc3)n2)cc1. The number of thioether (sulfide) groups is 1. The first-order chi connectivity index (χ1) is 17.5. The number of anilines is 1. The van der Waals surface area contributed by atoms with Crippen molar-refractivity contribution in [3.63, 3.8) is 0 Å². The van der Waals surface area contributed by atoms with Crippen LogP contribution in [0.1, 0.15) is 25.0 Å². The summed E-state index contributed by atoms with van der Waals surface area (Å²) in [6, 6.07) is 29.4. The topological polar surface area (TPSA) is 75.0 Å². The second-order valence-corrected chi connectivity index (χ2v) is 9.62. The summed E-state index contributed by atoms with van der Waals surface area (Å²) in [5.74, 6) is 0.636. The van der Waals surface area contributed by atoms with Crippen molar-refractivity contribution in [3.8, 4) is 34.2 Å². The van der Waals surface area contributed by atoms with E-state index in [2.05, 4.69) is 11.4 Å². The minimum Gasteiger partial charge on any atom is -0.494 e. The highest BCUT2D eigenvalue weighted by Gasteiger charge is 2.21. The molecule has 1 aromatic heterocycles. The molecule has 180 valence electrons. The lowest BCUT2D eigenvalue weighted by Gasteiger charge is -2.16. The third-order valence-electron chi connectivity index (χ3n) is 5.62. The van der Waals surface area contributed by atoms with Gasteiger partial charge in [-0.15, -0.1) is 0 Å². The molecule has 0 fully saturated rings. The minimum absolute atomic E-state index is 0.151. The lowest BCUT2D eigenvalue weighted by atomic mass is 9.99. The maximum atomic E-state index is 13.0. The Bertz CT molecular complexity index is 1380. The Balaban J connectivity index is 1.71. The molecule has 3 aromatic carbocycles. The van der Waals surface area contributed by atoms with Gasteiger partial charge >= 0.3 is 0 Å². The van der Waals surface area contributed by atoms with Crippen LogP contribution in [0.2, 0.25) is 0 Å². The predicted molar refractivity (Wildman–Crippen MR) is 146 cm³/mol. The summed E-state index contributed by atoms with van der Waals surface area (Å²) in [6.45, 7) is 6.36. The molecule has 0 saturated carbocycles. The Labute approximate surface area is 216 Å². The van der Waals surface area contributed by atoms with Crippen LogP contribution >= 0.6 is 11.8 Å². The van der Waals surface area contributed by atoms with Crippen LogP contribution < -0.4 is 10.1 Å². The van der Waals surface area contributed by atoms with Gasteiger partial charge < -0.3 is 10.1 Å². The summed E-state index contributed by atoms with van der Waals surface area (Å²) in [6.07, 6.45) is 0. The lowest BCUT2D eigenvalue weighted by molar-refractivity contribution is -0.115. The van der Waals surface area contributed by atoms with Crippen LogP contribution in [0.25, 0.3) is 22.4 Å². The molecule has 1 N–H and O–H groups in total. The van der Waals surface area contributed by atoms with Crippen molar-refractivity contribution < 1.29 is 9.53 Å². The molecule has 5 nitrogen and oxygen atoms in total. The Hall–Kier alpha value is -4.08. The molecule has 0 aliphatic carbocycles. The molecular formula is C30H27N3O2S. The van der Waals surface area contributed by atoms with E-state index in [1.165, 1.54) is 11.8 Å². The van der Waals surface area contributed by atoms with Gasteiger partial charge in [0, 0.05) is 16.8 Å². The number of carbonyl (C=O) groups excluding carboxylic acids is 1. The largest absolute Gasteiger partial charge is 0.494 e. The van der Waals surface area contributed by atoms with Gasteiger partial charge in [0.2, 0.25) is 5.91 Å². The minimum atomic E-state index is -0.467. The fourth-order valence-corrected chi connectivity index (χ4v) is 4.62. The Morgan fingerprint density at radius 1 is 1.03 bits per heavy atom. The Morgan fingerprint density at radius 2 is 1.72 bits per heavy atom. The van der Waals surface area contributed by atoms with E-state index >= 15 is 0 Å². The molecule has 1 amide bonds. The average molecular weight is 494 g/mol. The molecule has 0 unspecified atom stereocenters. The summed E-state index contributed by atoms with van der Waals surface area (Å²) in [4.78, 5) is 17.8. The highest BCUT2D eigenvalue weighted by atomic mass is 32.2. The van der Waals surface area contributed by atoms with E-state index in [9.17, 15) is 10.1 Å². The van der Waals surface area contributed by atoms with Gasteiger partial charge in [-0.2, -0.15) is 5.26 Å². The molecule has 6 heteroatoms. The summed E-state index contributed by atoms with van der Waals surface area (Å²) < 4.78 is 5.57. The van der Waals surface area contributed by atoms with Gasteiger partial charge in [0.1, 0.15) is 16.8 Å². The number of carbonyl (C=O) groups is 1. The van der Waals surface area contributed by atoms with E-state index in [0.717, 1.165) is 39.4 Å². The summed E-state index contributed by atoms with van der Waals surface area (Å²) in [5, 5.41) is 13.1. The van der Waals surface area contributed by atoms with Crippen molar-refractivity contribution in [1.29, 1.82) is 5.26 Å². The third kappa shape index (κ3) is 5.94. The van der Waals surface area contributed by atoms with Crippen LogP contribution in [0.5, 0.6) is 5.75 Å². The predicted octanol–water partition coefficient (Wildman–Crippen LogP) is 7.11. The zero-order valence-electron chi connectivity index (χ0n) is 20.5. The molecule has 4 aromatic rings. The zero-order valence-corrected chi connectivity index (χ0v) is 21.3. The van der Waals surface area contributed by atoms with Crippen molar-refractivity contribution in [2.24, 2.45) is 0 Å². The Kier molecular flexibility index (Phi) is 8.04. The number of nitrogens with zero attached hydrogens (tertiary/aromatic N) is 2. The maximum absolute atomic E-state index is 13.0. The normalized spacial score (nSPS) is 11.4. The molecule has 0 radical (unpaired) electrons. The number of aryl methyl sites for hydroxylation is 1. The molecule has 0 aliphatic rings. The zero-order chi connectivity index (χ0) is 25.5. The standard InChI is InChI=1S/C30H27N3O2S/c1-4-35-25-16-12-23(13-17-25)28-18-26(22-8-6-5-7-9-22)27(19-31)30(33-28)36-21(3)29(34)32-24-14-10-20(2)11-15-24/h5-18,21H,4H2,1-3H3,(H,32,34)/t21-/m0/s1. The lowest BCUT2D eigenvalue weighted by Crippen LogP contribution is -2.22. The molecule has 0 aliphatic heterocycles. The molecular weight excluding hydrogens is 466 g/mol. The number of hydrogen-bond acceptors (Lipinski definition) is 5. The van der Waals surface area contributed by atoms with Crippen molar-refractivity contribution >= 4 is 23.4 Å². The van der Waals surface area contributed by atoms with Crippen LogP contribution in [-0.2, 0) is 4.79 Å². The van der Waals surface area contributed by atoms with Crippen molar-refractivity contribution in [2.45, 2.75) is 31.0 Å². The molecule has 4 rings (SSSR count). The number of aromatic nitrogens is 1. The number of hydrogen-bond donors (Lipinski definition) is 1. The monoisotopic (exact) mass is 493 g/mol. The fraction of sp³-hybridized carbons (Fsp3) is 0.167. The Morgan fingerprint density at radius 3 is 2.36 bits per heavy atom. The number of ether oxygens (including phenoxy) is 1. The number of benzene rings is 3. The van der Waals surface area contributed by atoms with Crippen LogP contribution in [-0.4, -0.2) is 22.7 Å². The summed E-state index contributed by atoms with van der Waals surface area (Å²) in [7, 11) is 0. The summed E-state index contributed by atoms with van der Waals surface area (Å²) in [5.41, 5.74) is 5.64.